The van der Waals surface area contributed by atoms with Gasteiger partial charge in [-0.1, -0.05) is 76.6 Å². The van der Waals surface area contributed by atoms with Crippen molar-refractivity contribution in [3.8, 4) is 0 Å². The molecule has 29 heavy (non-hydrogen) atoms. The van der Waals surface area contributed by atoms with Crippen LogP contribution in [0.5, 0.6) is 0 Å². The summed E-state index contributed by atoms with van der Waals surface area (Å²) < 4.78 is 0. The van der Waals surface area contributed by atoms with Gasteiger partial charge < -0.3 is 5.11 Å². The first kappa shape index (κ1) is 22.6. The molecule has 0 amide bonds. The molecule has 0 saturated heterocycles. The molecule has 3 fully saturated rings. The molecule has 0 bridgehead atoms. The molecule has 1 nitrogen and oxygen atoms in total. The van der Waals surface area contributed by atoms with Crippen LogP contribution in [0, 0.1) is 35.0 Å². The summed E-state index contributed by atoms with van der Waals surface area (Å²) in [7, 11) is 0. The molecule has 3 rings (SSSR count). The van der Waals surface area contributed by atoms with Crippen LogP contribution in [0.4, 0.5) is 0 Å². The first-order valence-electron chi connectivity index (χ1n) is 12.2. The summed E-state index contributed by atoms with van der Waals surface area (Å²) in [4.78, 5) is 0. The summed E-state index contributed by atoms with van der Waals surface area (Å²) in [5.74, 6) is 3.58. The highest BCUT2D eigenvalue weighted by Crippen LogP contribution is 2.59. The van der Waals surface area contributed by atoms with Crippen LogP contribution in [-0.2, 0) is 0 Å². The first-order chi connectivity index (χ1) is 13.7. The minimum atomic E-state index is -0.182. The van der Waals surface area contributed by atoms with Crippen molar-refractivity contribution < 1.29 is 5.11 Å². The third-order valence-corrected chi connectivity index (χ3v) is 8.63. The molecule has 0 aliphatic heterocycles. The second kappa shape index (κ2) is 9.38. The van der Waals surface area contributed by atoms with E-state index in [4.69, 9.17) is 0 Å². The van der Waals surface area contributed by atoms with Crippen LogP contribution in [-0.4, -0.2) is 11.2 Å². The van der Waals surface area contributed by atoms with Crippen molar-refractivity contribution >= 4 is 0 Å². The smallest absolute Gasteiger partial charge is 0.0583 e. The summed E-state index contributed by atoms with van der Waals surface area (Å²) in [6.07, 6.45) is 18.8. The van der Waals surface area contributed by atoms with Gasteiger partial charge >= 0.3 is 0 Å². The second-order valence-corrected chi connectivity index (χ2v) is 10.9. The fourth-order valence-electron chi connectivity index (χ4n) is 6.25. The van der Waals surface area contributed by atoms with Crippen molar-refractivity contribution in [2.45, 2.75) is 92.1 Å². The Bertz CT molecular complexity index is 678. The highest BCUT2D eigenvalue weighted by atomic mass is 16.3. The summed E-state index contributed by atoms with van der Waals surface area (Å²) in [5, 5.41) is 10.0. The van der Waals surface area contributed by atoms with Crippen LogP contribution in [0.25, 0.3) is 0 Å². The maximum absolute atomic E-state index is 10.0. The minimum absolute atomic E-state index is 0.182. The number of allylic oxidation sites excluding steroid dienone is 6. The van der Waals surface area contributed by atoms with E-state index in [0.29, 0.717) is 17.3 Å². The quantitative estimate of drug-likeness (QED) is 0.473. The highest BCUT2D eigenvalue weighted by Gasteiger charge is 2.50. The van der Waals surface area contributed by atoms with E-state index in [9.17, 15) is 5.11 Å². The van der Waals surface area contributed by atoms with E-state index in [0.717, 1.165) is 37.0 Å². The monoisotopic (exact) mass is 396 g/mol. The van der Waals surface area contributed by atoms with Gasteiger partial charge in [0.15, 0.2) is 0 Å². The zero-order chi connectivity index (χ0) is 21.2. The van der Waals surface area contributed by atoms with Crippen LogP contribution < -0.4 is 0 Å². The number of fused-ring (bicyclic) bond motifs is 1. The van der Waals surface area contributed by atoms with Gasteiger partial charge in [0.2, 0.25) is 0 Å². The lowest BCUT2D eigenvalue weighted by atomic mass is 9.61. The van der Waals surface area contributed by atoms with Crippen molar-refractivity contribution in [1.82, 2.24) is 0 Å². The molecule has 162 valence electrons. The molecule has 0 aromatic carbocycles. The van der Waals surface area contributed by atoms with E-state index in [1.807, 2.05) is 0 Å². The van der Waals surface area contributed by atoms with Gasteiger partial charge in [0.1, 0.15) is 0 Å². The van der Waals surface area contributed by atoms with Gasteiger partial charge in [-0.2, -0.15) is 0 Å². The van der Waals surface area contributed by atoms with Crippen molar-refractivity contribution in [2.24, 2.45) is 35.0 Å². The predicted molar refractivity (Wildman–Crippen MR) is 126 cm³/mol. The Morgan fingerprint density at radius 3 is 2.52 bits per heavy atom. The molecule has 3 saturated carbocycles. The van der Waals surface area contributed by atoms with Gasteiger partial charge in [0, 0.05) is 0 Å². The van der Waals surface area contributed by atoms with E-state index in [-0.39, 0.29) is 6.10 Å². The standard InChI is InChI=1S/C28H44O/c1-19(2)20(3)9-10-22(5)26-15-16-27-23(8-7-17-28(26,27)6)12-13-24-18-25(29)14-11-21(24)4/h9-10,12-13,19-20,22,25-27,29H,4,7-8,11,14-18H2,1-3,5-6H3/t20?,22?,25?,26?,27-,28+/m0/s1. The molecule has 0 aromatic rings. The molecule has 3 aliphatic rings. The molecular weight excluding hydrogens is 352 g/mol. The lowest BCUT2D eigenvalue weighted by Crippen LogP contribution is -2.35. The van der Waals surface area contributed by atoms with Gasteiger partial charge in [-0.3, -0.25) is 0 Å². The summed E-state index contributed by atoms with van der Waals surface area (Å²) in [5.41, 5.74) is 4.61. The van der Waals surface area contributed by atoms with Crippen molar-refractivity contribution in [1.29, 1.82) is 0 Å². The van der Waals surface area contributed by atoms with E-state index in [1.54, 1.807) is 5.57 Å². The molecule has 0 aromatic heterocycles. The zero-order valence-electron chi connectivity index (χ0n) is 19.6. The molecule has 0 spiro atoms. The number of aliphatic hydroxyl groups is 1. The van der Waals surface area contributed by atoms with E-state index in [2.05, 4.69) is 65.5 Å². The molecule has 6 atom stereocenters. The van der Waals surface area contributed by atoms with Crippen molar-refractivity contribution in [3.05, 3.63) is 47.6 Å². The third kappa shape index (κ3) is 4.98. The van der Waals surface area contributed by atoms with Crippen LogP contribution in [0.3, 0.4) is 0 Å². The van der Waals surface area contributed by atoms with Crippen molar-refractivity contribution in [2.75, 3.05) is 0 Å². The Hall–Kier alpha value is -1.08. The van der Waals surface area contributed by atoms with Crippen LogP contribution >= 0.6 is 0 Å². The molecule has 1 heteroatoms. The fraction of sp³-hybridized carbons (Fsp3) is 0.714. The third-order valence-electron chi connectivity index (χ3n) is 8.63. The average molecular weight is 397 g/mol. The number of rotatable bonds is 5. The Kier molecular flexibility index (Phi) is 7.31. The molecular formula is C28H44O. The maximum Gasteiger partial charge on any atom is 0.0583 e. The lowest BCUT2D eigenvalue weighted by molar-refractivity contribution is 0.112. The summed E-state index contributed by atoms with van der Waals surface area (Å²) in [6.45, 7) is 16.3. The van der Waals surface area contributed by atoms with Gasteiger partial charge in [0.05, 0.1) is 6.10 Å². The topological polar surface area (TPSA) is 20.2 Å². The fourth-order valence-corrected chi connectivity index (χ4v) is 6.25. The maximum atomic E-state index is 10.0. The van der Waals surface area contributed by atoms with E-state index in [1.165, 1.54) is 43.3 Å². The van der Waals surface area contributed by atoms with E-state index >= 15 is 0 Å². The Labute approximate surface area is 180 Å². The average Bonchev–Trinajstić information content (AvgIpc) is 3.04. The Morgan fingerprint density at radius 2 is 1.79 bits per heavy atom. The van der Waals surface area contributed by atoms with E-state index < -0.39 is 0 Å². The lowest BCUT2D eigenvalue weighted by Gasteiger charge is -2.44. The summed E-state index contributed by atoms with van der Waals surface area (Å²) >= 11 is 0. The van der Waals surface area contributed by atoms with Gasteiger partial charge in [-0.05, 0) is 91.9 Å². The van der Waals surface area contributed by atoms with Crippen LogP contribution in [0.15, 0.2) is 47.6 Å². The van der Waals surface area contributed by atoms with Crippen LogP contribution in [0.1, 0.15) is 86.0 Å². The van der Waals surface area contributed by atoms with Gasteiger partial charge in [0.25, 0.3) is 0 Å². The predicted octanol–water partition coefficient (Wildman–Crippen LogP) is 7.64. The molecule has 3 aliphatic carbocycles. The molecule has 1 N–H and O–H groups in total. The second-order valence-electron chi connectivity index (χ2n) is 10.9. The highest BCUT2D eigenvalue weighted by molar-refractivity contribution is 5.36. The molecule has 0 radical (unpaired) electrons. The number of aliphatic hydroxyl groups excluding tert-OH is 1. The Balaban J connectivity index is 1.75. The van der Waals surface area contributed by atoms with Gasteiger partial charge in [-0.25, -0.2) is 0 Å². The Morgan fingerprint density at radius 1 is 1.03 bits per heavy atom. The van der Waals surface area contributed by atoms with Crippen LogP contribution in [0.2, 0.25) is 0 Å². The first-order valence-corrected chi connectivity index (χ1v) is 12.2. The SMILES string of the molecule is C=C1CCC(O)CC1=CC=C1CCC[C@]2(C)C(C(C)C=CC(C)C(C)C)CC[C@@H]12. The minimum Gasteiger partial charge on any atom is -0.393 e. The molecule has 4 unspecified atom stereocenters. The summed E-state index contributed by atoms with van der Waals surface area (Å²) in [6, 6.07) is 0. The van der Waals surface area contributed by atoms with Gasteiger partial charge in [-0.15, -0.1) is 0 Å². The number of hydrogen-bond acceptors (Lipinski definition) is 1. The number of hydrogen-bond donors (Lipinski definition) is 1. The largest absolute Gasteiger partial charge is 0.393 e. The zero-order valence-corrected chi connectivity index (χ0v) is 19.6. The molecule has 0 heterocycles. The normalized spacial score (nSPS) is 38.2. The van der Waals surface area contributed by atoms with Crippen molar-refractivity contribution in [3.63, 3.8) is 0 Å².